The topological polar surface area (TPSA) is 24.8 Å². The van der Waals surface area contributed by atoms with Crippen molar-refractivity contribution in [2.75, 3.05) is 13.1 Å². The Kier molecular flexibility index (Phi) is 4.44. The molecule has 1 saturated heterocycles. The standard InChI is InChI=1S/C16H18BrF3N2O/c1-15(13-8-14(17)21-23-13)6-7-22(10-15)9-11-2-4-12(5-3-11)16(18,19)20/h2-5,13H,6-10H2,1H3/t13-,15-/m1/s1. The number of rotatable bonds is 3. The fourth-order valence-electron chi connectivity index (χ4n) is 3.26. The number of alkyl halides is 3. The highest BCUT2D eigenvalue weighted by atomic mass is 79.9. The highest BCUT2D eigenvalue weighted by molar-refractivity contribution is 9.18. The van der Waals surface area contributed by atoms with E-state index in [1.807, 2.05) is 0 Å². The fourth-order valence-corrected chi connectivity index (χ4v) is 3.64. The van der Waals surface area contributed by atoms with Crippen LogP contribution in [0.15, 0.2) is 29.4 Å². The summed E-state index contributed by atoms with van der Waals surface area (Å²) < 4.78 is 38.6. The van der Waals surface area contributed by atoms with Crippen LogP contribution in [0.1, 0.15) is 30.9 Å². The van der Waals surface area contributed by atoms with Crippen LogP contribution in [0.5, 0.6) is 0 Å². The lowest BCUT2D eigenvalue weighted by Crippen LogP contribution is -2.35. The van der Waals surface area contributed by atoms with Crippen molar-refractivity contribution in [3.05, 3.63) is 35.4 Å². The van der Waals surface area contributed by atoms with Crippen LogP contribution in [0.2, 0.25) is 0 Å². The number of hydrogen-bond donors (Lipinski definition) is 0. The van der Waals surface area contributed by atoms with Crippen LogP contribution in [0.3, 0.4) is 0 Å². The maximum atomic E-state index is 12.6. The van der Waals surface area contributed by atoms with Crippen molar-refractivity contribution >= 4 is 20.6 Å². The average Bonchev–Trinajstić information content (AvgIpc) is 3.06. The van der Waals surface area contributed by atoms with Gasteiger partial charge in [-0.1, -0.05) is 24.2 Å². The van der Waals surface area contributed by atoms with Crippen molar-refractivity contribution in [3.8, 4) is 0 Å². The number of oxime groups is 1. The largest absolute Gasteiger partial charge is 0.416 e. The van der Waals surface area contributed by atoms with Gasteiger partial charge < -0.3 is 4.84 Å². The van der Waals surface area contributed by atoms with Gasteiger partial charge in [0.15, 0.2) is 0 Å². The van der Waals surface area contributed by atoms with Crippen molar-refractivity contribution < 1.29 is 18.0 Å². The fraction of sp³-hybridized carbons (Fsp3) is 0.562. The van der Waals surface area contributed by atoms with Crippen LogP contribution in [0.4, 0.5) is 13.2 Å². The third-order valence-electron chi connectivity index (χ3n) is 4.68. The molecule has 1 aromatic rings. The second-order valence-electron chi connectivity index (χ2n) is 6.58. The molecule has 0 aromatic heterocycles. The van der Waals surface area contributed by atoms with E-state index in [0.717, 1.165) is 48.2 Å². The van der Waals surface area contributed by atoms with E-state index in [1.165, 1.54) is 0 Å². The lowest BCUT2D eigenvalue weighted by Gasteiger charge is -2.29. The Morgan fingerprint density at radius 2 is 2.04 bits per heavy atom. The van der Waals surface area contributed by atoms with Crippen LogP contribution in [-0.4, -0.2) is 28.7 Å². The van der Waals surface area contributed by atoms with Crippen LogP contribution >= 0.6 is 15.9 Å². The Morgan fingerprint density at radius 1 is 1.35 bits per heavy atom. The molecular formula is C16H18BrF3N2O. The first-order chi connectivity index (χ1) is 10.8. The molecular weight excluding hydrogens is 373 g/mol. The van der Waals surface area contributed by atoms with Crippen molar-refractivity contribution in [1.29, 1.82) is 0 Å². The molecule has 0 radical (unpaired) electrons. The Balaban J connectivity index is 1.60. The van der Waals surface area contributed by atoms with Gasteiger partial charge in [-0.2, -0.15) is 13.2 Å². The van der Waals surface area contributed by atoms with Crippen LogP contribution in [0, 0.1) is 5.41 Å². The average molecular weight is 391 g/mol. The van der Waals surface area contributed by atoms with E-state index in [4.69, 9.17) is 4.84 Å². The molecule has 1 aromatic carbocycles. The summed E-state index contributed by atoms with van der Waals surface area (Å²) in [4.78, 5) is 7.76. The minimum atomic E-state index is -4.28. The van der Waals surface area contributed by atoms with Gasteiger partial charge in [-0.25, -0.2) is 0 Å². The van der Waals surface area contributed by atoms with Gasteiger partial charge in [0.25, 0.3) is 0 Å². The zero-order chi connectivity index (χ0) is 16.7. The normalized spacial score (nSPS) is 28.7. The molecule has 0 unspecified atom stereocenters. The molecule has 0 spiro atoms. The van der Waals surface area contributed by atoms with Gasteiger partial charge in [0, 0.05) is 24.9 Å². The highest BCUT2D eigenvalue weighted by Crippen LogP contribution is 2.40. The first-order valence-electron chi connectivity index (χ1n) is 7.53. The van der Waals surface area contributed by atoms with E-state index in [9.17, 15) is 13.2 Å². The zero-order valence-corrected chi connectivity index (χ0v) is 14.3. The molecule has 23 heavy (non-hydrogen) atoms. The summed E-state index contributed by atoms with van der Waals surface area (Å²) in [6.45, 7) is 4.61. The molecule has 1 fully saturated rings. The third kappa shape index (κ3) is 3.71. The van der Waals surface area contributed by atoms with Crippen LogP contribution in [0.25, 0.3) is 0 Å². The summed E-state index contributed by atoms with van der Waals surface area (Å²) in [5.41, 5.74) is 0.311. The monoisotopic (exact) mass is 390 g/mol. The minimum Gasteiger partial charge on any atom is -0.391 e. The summed E-state index contributed by atoms with van der Waals surface area (Å²) in [6, 6.07) is 5.42. The predicted molar refractivity (Wildman–Crippen MR) is 85.3 cm³/mol. The second-order valence-corrected chi connectivity index (χ2v) is 7.49. The molecule has 0 bridgehead atoms. The van der Waals surface area contributed by atoms with E-state index < -0.39 is 11.7 Å². The summed E-state index contributed by atoms with van der Waals surface area (Å²) in [5.74, 6) is 0. The Labute approximate surface area is 141 Å². The molecule has 0 aliphatic carbocycles. The summed E-state index contributed by atoms with van der Waals surface area (Å²) in [6.07, 6.45) is -2.44. The molecule has 2 heterocycles. The third-order valence-corrected chi connectivity index (χ3v) is 5.15. The van der Waals surface area contributed by atoms with Crippen molar-refractivity contribution in [2.45, 2.75) is 38.6 Å². The summed E-state index contributed by atoms with van der Waals surface area (Å²) >= 11 is 3.36. The molecule has 2 aliphatic heterocycles. The number of likely N-dealkylation sites (tertiary alicyclic amines) is 1. The van der Waals surface area contributed by atoms with Gasteiger partial charge in [0.1, 0.15) is 10.7 Å². The maximum absolute atomic E-state index is 12.6. The van der Waals surface area contributed by atoms with Crippen LogP contribution in [-0.2, 0) is 17.6 Å². The lowest BCUT2D eigenvalue weighted by atomic mass is 9.82. The summed E-state index contributed by atoms with van der Waals surface area (Å²) in [5, 5.41) is 3.96. The molecule has 0 N–H and O–H groups in total. The molecule has 2 aliphatic rings. The van der Waals surface area contributed by atoms with Gasteiger partial charge in [-0.05, 0) is 46.6 Å². The number of benzene rings is 1. The van der Waals surface area contributed by atoms with Gasteiger partial charge in [-0.15, -0.1) is 0 Å². The quantitative estimate of drug-likeness (QED) is 0.763. The number of nitrogens with zero attached hydrogens (tertiary/aromatic N) is 2. The van der Waals surface area contributed by atoms with Gasteiger partial charge in [-0.3, -0.25) is 4.90 Å². The molecule has 0 amide bonds. The SMILES string of the molecule is C[C@@]1([C@H]2CC(Br)=NO2)CCN(Cc2ccc(C(F)(F)F)cc2)C1. The predicted octanol–water partition coefficient (Wildman–Crippen LogP) is 4.41. The van der Waals surface area contributed by atoms with E-state index in [-0.39, 0.29) is 11.5 Å². The van der Waals surface area contributed by atoms with E-state index in [1.54, 1.807) is 12.1 Å². The first kappa shape index (κ1) is 16.8. The maximum Gasteiger partial charge on any atom is 0.416 e. The van der Waals surface area contributed by atoms with Crippen molar-refractivity contribution in [1.82, 2.24) is 4.90 Å². The van der Waals surface area contributed by atoms with Crippen molar-refractivity contribution in [2.24, 2.45) is 10.6 Å². The molecule has 126 valence electrons. The van der Waals surface area contributed by atoms with E-state index in [2.05, 4.69) is 32.9 Å². The minimum absolute atomic E-state index is 0.0188. The van der Waals surface area contributed by atoms with E-state index in [0.29, 0.717) is 6.54 Å². The zero-order valence-electron chi connectivity index (χ0n) is 12.7. The number of hydrogen-bond acceptors (Lipinski definition) is 3. The second kappa shape index (κ2) is 6.09. The van der Waals surface area contributed by atoms with Gasteiger partial charge in [0.05, 0.1) is 5.56 Å². The molecule has 0 saturated carbocycles. The van der Waals surface area contributed by atoms with E-state index >= 15 is 0 Å². The first-order valence-corrected chi connectivity index (χ1v) is 8.32. The van der Waals surface area contributed by atoms with Crippen molar-refractivity contribution in [3.63, 3.8) is 0 Å². The summed E-state index contributed by atoms with van der Waals surface area (Å²) in [7, 11) is 0. The molecule has 2 atom stereocenters. The van der Waals surface area contributed by atoms with Gasteiger partial charge in [0.2, 0.25) is 0 Å². The number of halogens is 4. The van der Waals surface area contributed by atoms with Crippen LogP contribution < -0.4 is 0 Å². The molecule has 7 heteroatoms. The highest BCUT2D eigenvalue weighted by Gasteiger charge is 2.44. The van der Waals surface area contributed by atoms with Gasteiger partial charge >= 0.3 is 6.18 Å². The Morgan fingerprint density at radius 3 is 2.61 bits per heavy atom. The Bertz CT molecular complexity index is 602. The Hall–Kier alpha value is -1.08. The molecule has 3 rings (SSSR count). The smallest absolute Gasteiger partial charge is 0.391 e. The molecule has 3 nitrogen and oxygen atoms in total. The lowest BCUT2D eigenvalue weighted by molar-refractivity contribution is -0.137.